The summed E-state index contributed by atoms with van der Waals surface area (Å²) < 4.78 is 23.2. The van der Waals surface area contributed by atoms with E-state index in [-0.39, 0.29) is 11.5 Å². The summed E-state index contributed by atoms with van der Waals surface area (Å²) in [5.74, 6) is 0.0773. The van der Waals surface area contributed by atoms with Gasteiger partial charge >= 0.3 is 0 Å². The molecule has 0 atom stereocenters. The molecular weight excluding hydrogens is 255 g/mol. The Morgan fingerprint density at radius 1 is 1.20 bits per heavy atom. The van der Waals surface area contributed by atoms with Crippen LogP contribution >= 0.6 is 23.2 Å². The molecule has 0 saturated heterocycles. The summed E-state index contributed by atoms with van der Waals surface area (Å²) in [6.07, 6.45) is 0.602. The Balaban J connectivity index is 2.99. The molecule has 0 fully saturated rings. The molecule has 0 heterocycles. The Kier molecular flexibility index (Phi) is 4.44. The minimum absolute atomic E-state index is 0.0840. The molecule has 0 spiro atoms. The first-order valence-corrected chi connectivity index (χ1v) is 7.17. The molecule has 84 valence electrons. The number of halogens is 2. The zero-order valence-corrected chi connectivity index (χ0v) is 10.7. The first-order chi connectivity index (χ1) is 6.96. The van der Waals surface area contributed by atoms with Crippen LogP contribution in [0.1, 0.15) is 18.9 Å². The second kappa shape index (κ2) is 5.19. The molecule has 0 aliphatic carbocycles. The molecule has 0 amide bonds. The van der Waals surface area contributed by atoms with Crippen molar-refractivity contribution in [3.8, 4) is 0 Å². The third-order valence-electron chi connectivity index (χ3n) is 1.94. The van der Waals surface area contributed by atoms with Crippen molar-refractivity contribution >= 4 is 33.0 Å². The smallest absolute Gasteiger partial charge is 0.154 e. The third-order valence-corrected chi connectivity index (χ3v) is 4.41. The molecule has 15 heavy (non-hydrogen) atoms. The largest absolute Gasteiger partial charge is 0.228 e. The lowest BCUT2D eigenvalue weighted by Crippen LogP contribution is -2.09. The van der Waals surface area contributed by atoms with E-state index in [0.29, 0.717) is 22.0 Å². The van der Waals surface area contributed by atoms with Crippen molar-refractivity contribution in [3.05, 3.63) is 33.8 Å². The average Bonchev–Trinajstić information content (AvgIpc) is 2.11. The predicted molar refractivity (Wildman–Crippen MR) is 64.2 cm³/mol. The van der Waals surface area contributed by atoms with Gasteiger partial charge in [-0.2, -0.15) is 0 Å². The van der Waals surface area contributed by atoms with Crippen molar-refractivity contribution in [1.82, 2.24) is 0 Å². The van der Waals surface area contributed by atoms with E-state index in [9.17, 15) is 8.42 Å². The summed E-state index contributed by atoms with van der Waals surface area (Å²) in [6, 6.07) is 4.98. The van der Waals surface area contributed by atoms with Crippen molar-refractivity contribution in [1.29, 1.82) is 0 Å². The molecule has 2 nitrogen and oxygen atoms in total. The van der Waals surface area contributed by atoms with E-state index in [4.69, 9.17) is 23.2 Å². The molecule has 0 radical (unpaired) electrons. The number of benzene rings is 1. The van der Waals surface area contributed by atoms with Gasteiger partial charge in [-0.15, -0.1) is 0 Å². The monoisotopic (exact) mass is 266 g/mol. The molecule has 0 unspecified atom stereocenters. The standard InChI is InChI=1S/C10H12Cl2O2S/c1-2-6-15(13,14)7-8-9(11)4-3-5-10(8)12/h3-5H,2,6-7H2,1H3. The zero-order chi connectivity index (χ0) is 11.5. The molecule has 1 aromatic carbocycles. The van der Waals surface area contributed by atoms with Gasteiger partial charge in [0.2, 0.25) is 0 Å². The van der Waals surface area contributed by atoms with Crippen LogP contribution in [0.25, 0.3) is 0 Å². The van der Waals surface area contributed by atoms with E-state index in [1.807, 2.05) is 6.92 Å². The number of hydrogen-bond acceptors (Lipinski definition) is 2. The molecule has 0 aromatic heterocycles. The third kappa shape index (κ3) is 3.67. The van der Waals surface area contributed by atoms with Crippen LogP contribution in [-0.4, -0.2) is 14.2 Å². The molecular formula is C10H12Cl2O2S. The summed E-state index contributed by atoms with van der Waals surface area (Å²) in [7, 11) is -3.10. The summed E-state index contributed by atoms with van der Waals surface area (Å²) >= 11 is 11.8. The van der Waals surface area contributed by atoms with E-state index >= 15 is 0 Å². The Hall–Kier alpha value is -0.250. The van der Waals surface area contributed by atoms with Crippen molar-refractivity contribution in [2.24, 2.45) is 0 Å². The second-order valence-electron chi connectivity index (χ2n) is 3.29. The van der Waals surface area contributed by atoms with Crippen molar-refractivity contribution in [2.75, 3.05) is 5.75 Å². The number of sulfone groups is 1. The Labute approximate surface area is 100 Å². The minimum atomic E-state index is -3.10. The maximum atomic E-state index is 11.6. The quantitative estimate of drug-likeness (QED) is 0.838. The number of rotatable bonds is 4. The predicted octanol–water partition coefficient (Wildman–Crippen LogP) is 3.32. The highest BCUT2D eigenvalue weighted by Crippen LogP contribution is 2.26. The number of hydrogen-bond donors (Lipinski definition) is 0. The average molecular weight is 267 g/mol. The SMILES string of the molecule is CCCS(=O)(=O)Cc1c(Cl)cccc1Cl. The van der Waals surface area contributed by atoms with Gasteiger partial charge in [-0.05, 0) is 18.6 Å². The second-order valence-corrected chi connectivity index (χ2v) is 6.29. The summed E-state index contributed by atoms with van der Waals surface area (Å²) in [4.78, 5) is 0. The van der Waals surface area contributed by atoms with Crippen molar-refractivity contribution in [2.45, 2.75) is 19.1 Å². The van der Waals surface area contributed by atoms with Crippen LogP contribution in [0.2, 0.25) is 10.0 Å². The van der Waals surface area contributed by atoms with Gasteiger partial charge < -0.3 is 0 Å². The Morgan fingerprint density at radius 3 is 2.20 bits per heavy atom. The van der Waals surface area contributed by atoms with E-state index < -0.39 is 9.84 Å². The van der Waals surface area contributed by atoms with Gasteiger partial charge in [0.1, 0.15) is 0 Å². The van der Waals surface area contributed by atoms with Crippen LogP contribution in [0, 0.1) is 0 Å². The fraction of sp³-hybridized carbons (Fsp3) is 0.400. The highest BCUT2D eigenvalue weighted by molar-refractivity contribution is 7.90. The Bertz CT molecular complexity index is 420. The Morgan fingerprint density at radius 2 is 1.73 bits per heavy atom. The van der Waals surface area contributed by atoms with Crippen molar-refractivity contribution < 1.29 is 8.42 Å². The van der Waals surface area contributed by atoms with E-state index in [2.05, 4.69) is 0 Å². The molecule has 1 rings (SSSR count). The van der Waals surface area contributed by atoms with E-state index in [1.165, 1.54) is 0 Å². The normalized spacial score (nSPS) is 11.7. The van der Waals surface area contributed by atoms with Gasteiger partial charge in [0.15, 0.2) is 9.84 Å². The van der Waals surface area contributed by atoms with Gasteiger partial charge in [-0.1, -0.05) is 36.2 Å². The highest BCUT2D eigenvalue weighted by atomic mass is 35.5. The fourth-order valence-electron chi connectivity index (χ4n) is 1.27. The first kappa shape index (κ1) is 12.8. The molecule has 5 heteroatoms. The van der Waals surface area contributed by atoms with Crippen LogP contribution in [0.5, 0.6) is 0 Å². The summed E-state index contributed by atoms with van der Waals surface area (Å²) in [6.45, 7) is 1.83. The summed E-state index contributed by atoms with van der Waals surface area (Å²) in [5.41, 5.74) is 0.495. The lowest BCUT2D eigenvalue weighted by molar-refractivity contribution is 0.594. The molecule has 0 aliphatic heterocycles. The van der Waals surface area contributed by atoms with Crippen LogP contribution in [-0.2, 0) is 15.6 Å². The lowest BCUT2D eigenvalue weighted by atomic mass is 10.2. The lowest BCUT2D eigenvalue weighted by Gasteiger charge is -2.07. The maximum absolute atomic E-state index is 11.6. The maximum Gasteiger partial charge on any atom is 0.154 e. The van der Waals surface area contributed by atoms with Gasteiger partial charge in [-0.25, -0.2) is 8.42 Å². The molecule has 0 N–H and O–H groups in total. The minimum Gasteiger partial charge on any atom is -0.228 e. The van der Waals surface area contributed by atoms with Crippen LogP contribution in [0.4, 0.5) is 0 Å². The topological polar surface area (TPSA) is 34.1 Å². The molecule has 1 aromatic rings. The first-order valence-electron chi connectivity index (χ1n) is 4.59. The summed E-state index contributed by atoms with van der Waals surface area (Å²) in [5, 5.41) is 0.810. The zero-order valence-electron chi connectivity index (χ0n) is 8.33. The van der Waals surface area contributed by atoms with Gasteiger partial charge in [0.25, 0.3) is 0 Å². The fourth-order valence-corrected chi connectivity index (χ4v) is 3.48. The van der Waals surface area contributed by atoms with Gasteiger partial charge in [0.05, 0.1) is 11.5 Å². The van der Waals surface area contributed by atoms with E-state index in [0.717, 1.165) is 0 Å². The molecule has 0 saturated carbocycles. The van der Waals surface area contributed by atoms with Crippen LogP contribution in [0.3, 0.4) is 0 Å². The molecule has 0 aliphatic rings. The molecule has 0 bridgehead atoms. The van der Waals surface area contributed by atoms with E-state index in [1.54, 1.807) is 18.2 Å². The van der Waals surface area contributed by atoms with Gasteiger partial charge in [-0.3, -0.25) is 0 Å². The van der Waals surface area contributed by atoms with Gasteiger partial charge in [0, 0.05) is 15.6 Å². The van der Waals surface area contributed by atoms with Crippen LogP contribution in [0.15, 0.2) is 18.2 Å². The van der Waals surface area contributed by atoms with Crippen LogP contribution < -0.4 is 0 Å². The van der Waals surface area contributed by atoms with Crippen molar-refractivity contribution in [3.63, 3.8) is 0 Å². The highest BCUT2D eigenvalue weighted by Gasteiger charge is 2.15.